The second-order valence-electron chi connectivity index (χ2n) is 9.03. The molecule has 0 heterocycles. The number of hydrogen-bond donors (Lipinski definition) is 1. The minimum absolute atomic E-state index is 0.520. The first-order valence-electron chi connectivity index (χ1n) is 9.27. The fourth-order valence-corrected chi connectivity index (χ4v) is 4.88. The van der Waals surface area contributed by atoms with Gasteiger partial charge in [-0.05, 0) is 67.7 Å². The van der Waals surface area contributed by atoms with Crippen LogP contribution in [0.3, 0.4) is 0 Å². The fraction of sp³-hybridized carbons (Fsp3) is 1.00. The minimum atomic E-state index is 0.520. The van der Waals surface area contributed by atoms with Crippen molar-refractivity contribution in [2.24, 2.45) is 29.1 Å². The van der Waals surface area contributed by atoms with E-state index in [1.807, 2.05) is 0 Å². The second kappa shape index (κ2) is 5.99. The van der Waals surface area contributed by atoms with E-state index in [0.717, 1.165) is 29.7 Å². The summed E-state index contributed by atoms with van der Waals surface area (Å²) in [6, 6.07) is 0.888. The highest BCUT2D eigenvalue weighted by Gasteiger charge is 2.40. The predicted octanol–water partition coefficient (Wildman–Crippen LogP) is 5.01. The minimum Gasteiger partial charge on any atom is -0.314 e. The molecule has 3 rings (SSSR count). The Morgan fingerprint density at radius 2 is 1.60 bits per heavy atom. The van der Waals surface area contributed by atoms with E-state index in [2.05, 4.69) is 26.1 Å². The SMILES string of the molecule is CC(C)(C)C1CCC(CNC2CC2)C(C2CCCC2)C1. The largest absolute Gasteiger partial charge is 0.314 e. The molecule has 0 aromatic rings. The lowest BCUT2D eigenvalue weighted by Gasteiger charge is -2.44. The molecule has 3 saturated carbocycles. The van der Waals surface area contributed by atoms with Crippen molar-refractivity contribution < 1.29 is 0 Å². The van der Waals surface area contributed by atoms with Crippen molar-refractivity contribution in [3.05, 3.63) is 0 Å². The summed E-state index contributed by atoms with van der Waals surface area (Å²) in [7, 11) is 0. The van der Waals surface area contributed by atoms with E-state index >= 15 is 0 Å². The van der Waals surface area contributed by atoms with Crippen LogP contribution in [0.15, 0.2) is 0 Å². The second-order valence-corrected chi connectivity index (χ2v) is 9.03. The van der Waals surface area contributed by atoms with E-state index in [1.165, 1.54) is 64.3 Å². The van der Waals surface area contributed by atoms with Crippen molar-refractivity contribution in [3.8, 4) is 0 Å². The average molecular weight is 277 g/mol. The van der Waals surface area contributed by atoms with Gasteiger partial charge in [0.25, 0.3) is 0 Å². The van der Waals surface area contributed by atoms with Gasteiger partial charge in [-0.15, -0.1) is 0 Å². The van der Waals surface area contributed by atoms with E-state index in [0.29, 0.717) is 5.41 Å². The molecular weight excluding hydrogens is 242 g/mol. The summed E-state index contributed by atoms with van der Waals surface area (Å²) in [4.78, 5) is 0. The number of rotatable bonds is 4. The molecule has 1 heteroatoms. The zero-order valence-electron chi connectivity index (χ0n) is 14.0. The molecule has 3 fully saturated rings. The van der Waals surface area contributed by atoms with Crippen LogP contribution in [0.4, 0.5) is 0 Å². The lowest BCUT2D eigenvalue weighted by Crippen LogP contribution is -2.39. The van der Waals surface area contributed by atoms with Crippen molar-refractivity contribution in [1.82, 2.24) is 5.32 Å². The van der Waals surface area contributed by atoms with Gasteiger partial charge < -0.3 is 5.32 Å². The molecule has 1 N–H and O–H groups in total. The maximum absolute atomic E-state index is 3.83. The quantitative estimate of drug-likeness (QED) is 0.762. The van der Waals surface area contributed by atoms with Crippen molar-refractivity contribution in [1.29, 1.82) is 0 Å². The summed E-state index contributed by atoms with van der Waals surface area (Å²) < 4.78 is 0. The van der Waals surface area contributed by atoms with Gasteiger partial charge in [0.2, 0.25) is 0 Å². The van der Waals surface area contributed by atoms with Crippen LogP contribution in [0.5, 0.6) is 0 Å². The molecule has 0 amide bonds. The molecule has 0 spiro atoms. The Bertz CT molecular complexity index is 306. The summed E-state index contributed by atoms with van der Waals surface area (Å²) in [5.41, 5.74) is 0.520. The van der Waals surface area contributed by atoms with Gasteiger partial charge in [-0.1, -0.05) is 46.5 Å². The monoisotopic (exact) mass is 277 g/mol. The van der Waals surface area contributed by atoms with Gasteiger partial charge >= 0.3 is 0 Å². The zero-order chi connectivity index (χ0) is 14.2. The molecule has 3 atom stereocenters. The van der Waals surface area contributed by atoms with E-state index in [9.17, 15) is 0 Å². The van der Waals surface area contributed by atoms with Crippen molar-refractivity contribution >= 4 is 0 Å². The third-order valence-electron chi connectivity index (χ3n) is 6.52. The standard InChI is InChI=1S/C19H35N/c1-19(2,3)16-9-8-15(13-20-17-10-11-17)18(12-16)14-6-4-5-7-14/h14-18,20H,4-13H2,1-3H3. The van der Waals surface area contributed by atoms with Gasteiger partial charge in [0.1, 0.15) is 0 Å². The molecule has 0 saturated heterocycles. The van der Waals surface area contributed by atoms with E-state index in [-0.39, 0.29) is 0 Å². The van der Waals surface area contributed by atoms with Crippen LogP contribution in [-0.2, 0) is 0 Å². The predicted molar refractivity (Wildman–Crippen MR) is 86.8 cm³/mol. The molecule has 3 unspecified atom stereocenters. The highest BCUT2D eigenvalue weighted by Crippen LogP contribution is 2.48. The van der Waals surface area contributed by atoms with E-state index in [1.54, 1.807) is 0 Å². The Morgan fingerprint density at radius 3 is 2.20 bits per heavy atom. The van der Waals surface area contributed by atoms with Crippen molar-refractivity contribution in [3.63, 3.8) is 0 Å². The molecular formula is C19H35N. The Labute approximate surface area is 126 Å². The third-order valence-corrected chi connectivity index (χ3v) is 6.52. The lowest BCUT2D eigenvalue weighted by atomic mass is 9.62. The fourth-order valence-electron chi connectivity index (χ4n) is 4.88. The maximum Gasteiger partial charge on any atom is 0.00683 e. The Hall–Kier alpha value is -0.0400. The molecule has 0 aromatic carbocycles. The van der Waals surface area contributed by atoms with Crippen LogP contribution in [0.1, 0.15) is 78.6 Å². The van der Waals surface area contributed by atoms with Crippen LogP contribution in [0.2, 0.25) is 0 Å². The third kappa shape index (κ3) is 3.59. The lowest BCUT2D eigenvalue weighted by molar-refractivity contribution is 0.0647. The molecule has 1 nitrogen and oxygen atoms in total. The molecule has 3 aliphatic rings. The summed E-state index contributed by atoms with van der Waals surface area (Å²) in [6.07, 6.45) is 13.4. The van der Waals surface area contributed by atoms with Crippen LogP contribution in [0, 0.1) is 29.1 Å². The highest BCUT2D eigenvalue weighted by atomic mass is 14.9. The molecule has 3 aliphatic carbocycles. The Morgan fingerprint density at radius 1 is 0.900 bits per heavy atom. The first-order chi connectivity index (χ1) is 9.54. The van der Waals surface area contributed by atoms with Crippen LogP contribution in [0.25, 0.3) is 0 Å². The van der Waals surface area contributed by atoms with E-state index in [4.69, 9.17) is 0 Å². The summed E-state index contributed by atoms with van der Waals surface area (Å²) >= 11 is 0. The summed E-state index contributed by atoms with van der Waals surface area (Å²) in [5, 5.41) is 3.83. The Balaban J connectivity index is 1.62. The average Bonchev–Trinajstić information content (AvgIpc) is 3.07. The molecule has 0 bridgehead atoms. The van der Waals surface area contributed by atoms with Gasteiger partial charge in [0.15, 0.2) is 0 Å². The molecule has 0 radical (unpaired) electrons. The number of nitrogens with one attached hydrogen (secondary N) is 1. The Kier molecular flexibility index (Phi) is 4.45. The van der Waals surface area contributed by atoms with Gasteiger partial charge in [0, 0.05) is 6.04 Å². The topological polar surface area (TPSA) is 12.0 Å². The smallest absolute Gasteiger partial charge is 0.00683 e. The van der Waals surface area contributed by atoms with Gasteiger partial charge in [0.05, 0.1) is 0 Å². The van der Waals surface area contributed by atoms with Crippen LogP contribution >= 0.6 is 0 Å². The maximum atomic E-state index is 3.83. The first-order valence-corrected chi connectivity index (χ1v) is 9.27. The molecule has 0 aromatic heterocycles. The molecule has 0 aliphatic heterocycles. The van der Waals surface area contributed by atoms with Crippen LogP contribution < -0.4 is 5.32 Å². The highest BCUT2D eigenvalue weighted by molar-refractivity contribution is 4.92. The van der Waals surface area contributed by atoms with Gasteiger partial charge in [-0.25, -0.2) is 0 Å². The van der Waals surface area contributed by atoms with Crippen molar-refractivity contribution in [2.75, 3.05) is 6.54 Å². The summed E-state index contributed by atoms with van der Waals surface area (Å²) in [6.45, 7) is 8.72. The molecule has 20 heavy (non-hydrogen) atoms. The van der Waals surface area contributed by atoms with Crippen molar-refractivity contribution in [2.45, 2.75) is 84.6 Å². The summed E-state index contributed by atoms with van der Waals surface area (Å²) in [5.74, 6) is 4.04. The first kappa shape index (κ1) is 14.9. The van der Waals surface area contributed by atoms with E-state index < -0.39 is 0 Å². The van der Waals surface area contributed by atoms with Gasteiger partial charge in [-0.3, -0.25) is 0 Å². The number of hydrogen-bond acceptors (Lipinski definition) is 1. The zero-order valence-corrected chi connectivity index (χ0v) is 14.0. The van der Waals surface area contributed by atoms with Gasteiger partial charge in [-0.2, -0.15) is 0 Å². The molecule has 116 valence electrons. The van der Waals surface area contributed by atoms with Crippen LogP contribution in [-0.4, -0.2) is 12.6 Å². The normalized spacial score (nSPS) is 36.5.